The van der Waals surface area contributed by atoms with Crippen LogP contribution in [-0.4, -0.2) is 31.1 Å². The first-order valence-corrected chi connectivity index (χ1v) is 8.18. The van der Waals surface area contributed by atoms with Gasteiger partial charge in [-0.25, -0.2) is 15.0 Å². The summed E-state index contributed by atoms with van der Waals surface area (Å²) in [5.74, 6) is -0.124. The van der Waals surface area contributed by atoms with Gasteiger partial charge in [-0.1, -0.05) is 29.4 Å². The summed E-state index contributed by atoms with van der Waals surface area (Å²) in [7, 11) is 0. The number of aryl methyl sites for hydroxylation is 1. The van der Waals surface area contributed by atoms with Crippen LogP contribution in [0.1, 0.15) is 12.5 Å². The second kappa shape index (κ2) is 6.55. The van der Waals surface area contributed by atoms with Gasteiger partial charge in [0, 0.05) is 10.7 Å². The Morgan fingerprint density at radius 1 is 1.35 bits per heavy atom. The zero-order valence-electron chi connectivity index (χ0n) is 12.5. The number of rotatable bonds is 4. The van der Waals surface area contributed by atoms with Crippen molar-refractivity contribution in [3.8, 4) is 0 Å². The van der Waals surface area contributed by atoms with Crippen LogP contribution in [0, 0.1) is 6.92 Å². The number of halogens is 1. The van der Waals surface area contributed by atoms with Crippen LogP contribution in [-0.2, 0) is 4.79 Å². The summed E-state index contributed by atoms with van der Waals surface area (Å²) >= 11 is 7.42. The number of hydrogen-bond acceptors (Lipinski definition) is 5. The monoisotopic (exact) mass is 347 g/mol. The minimum atomic E-state index is -0.337. The first-order valence-electron chi connectivity index (χ1n) is 6.92. The summed E-state index contributed by atoms with van der Waals surface area (Å²) in [6.07, 6.45) is 3.00. The van der Waals surface area contributed by atoms with Gasteiger partial charge in [0.05, 0.1) is 11.6 Å². The predicted molar refractivity (Wildman–Crippen MR) is 91.8 cm³/mol. The zero-order valence-corrected chi connectivity index (χ0v) is 14.1. The fourth-order valence-electron chi connectivity index (χ4n) is 1.97. The molecule has 0 aliphatic carbocycles. The number of aromatic amines is 1. The van der Waals surface area contributed by atoms with E-state index in [4.69, 9.17) is 11.6 Å². The van der Waals surface area contributed by atoms with Crippen molar-refractivity contribution in [1.82, 2.24) is 19.9 Å². The van der Waals surface area contributed by atoms with E-state index in [1.54, 1.807) is 12.4 Å². The van der Waals surface area contributed by atoms with Gasteiger partial charge in [-0.15, -0.1) is 0 Å². The number of hydrogen-bond donors (Lipinski definition) is 2. The number of thioether (sulfide) groups is 1. The Balaban J connectivity index is 1.72. The lowest BCUT2D eigenvalue weighted by Gasteiger charge is -2.12. The Hall–Kier alpha value is -2.12. The summed E-state index contributed by atoms with van der Waals surface area (Å²) in [5, 5.41) is 3.84. The average molecular weight is 348 g/mol. The number of carbonyl (C=O) groups excluding carboxylic acids is 1. The zero-order chi connectivity index (χ0) is 16.4. The molecule has 1 aromatic carbocycles. The summed E-state index contributed by atoms with van der Waals surface area (Å²) in [6.45, 7) is 3.73. The lowest BCUT2D eigenvalue weighted by atomic mass is 10.2. The van der Waals surface area contributed by atoms with Gasteiger partial charge in [0.25, 0.3) is 0 Å². The Morgan fingerprint density at radius 2 is 2.17 bits per heavy atom. The SMILES string of the molecule is Cc1ccc(NC(=O)[C@H](C)Sc2ncnc3nc[nH]c23)cc1Cl. The van der Waals surface area contributed by atoms with Crippen molar-refractivity contribution in [1.29, 1.82) is 0 Å². The maximum Gasteiger partial charge on any atom is 0.237 e. The molecule has 118 valence electrons. The van der Waals surface area contributed by atoms with Gasteiger partial charge in [-0.3, -0.25) is 4.79 Å². The van der Waals surface area contributed by atoms with E-state index in [-0.39, 0.29) is 11.2 Å². The number of nitrogens with zero attached hydrogens (tertiary/aromatic N) is 3. The van der Waals surface area contributed by atoms with E-state index >= 15 is 0 Å². The molecule has 23 heavy (non-hydrogen) atoms. The first-order chi connectivity index (χ1) is 11.0. The molecule has 0 saturated heterocycles. The molecule has 0 unspecified atom stereocenters. The number of H-pyrrole nitrogens is 1. The molecule has 0 bridgehead atoms. The van der Waals surface area contributed by atoms with E-state index in [0.717, 1.165) is 11.1 Å². The first kappa shape index (κ1) is 15.8. The van der Waals surface area contributed by atoms with Gasteiger partial charge < -0.3 is 10.3 Å². The molecule has 2 heterocycles. The number of nitrogens with one attached hydrogen (secondary N) is 2. The number of carbonyl (C=O) groups is 1. The van der Waals surface area contributed by atoms with Crippen molar-refractivity contribution >= 4 is 46.1 Å². The van der Waals surface area contributed by atoms with Gasteiger partial charge in [0.2, 0.25) is 5.91 Å². The van der Waals surface area contributed by atoms with E-state index in [2.05, 4.69) is 25.3 Å². The van der Waals surface area contributed by atoms with E-state index in [1.807, 2.05) is 26.0 Å². The molecule has 8 heteroatoms. The molecule has 0 saturated carbocycles. The number of fused-ring (bicyclic) bond motifs is 1. The van der Waals surface area contributed by atoms with Crippen molar-refractivity contribution in [2.45, 2.75) is 24.1 Å². The Kier molecular flexibility index (Phi) is 4.49. The largest absolute Gasteiger partial charge is 0.341 e. The van der Waals surface area contributed by atoms with Gasteiger partial charge in [0.15, 0.2) is 5.65 Å². The lowest BCUT2D eigenvalue weighted by Crippen LogP contribution is -2.22. The molecular weight excluding hydrogens is 334 g/mol. The minimum Gasteiger partial charge on any atom is -0.341 e. The maximum absolute atomic E-state index is 12.3. The molecule has 0 aliphatic heterocycles. The highest BCUT2D eigenvalue weighted by Gasteiger charge is 2.18. The molecule has 0 radical (unpaired) electrons. The average Bonchev–Trinajstić information content (AvgIpc) is 3.00. The molecule has 2 N–H and O–H groups in total. The van der Waals surface area contributed by atoms with Gasteiger partial charge >= 0.3 is 0 Å². The van der Waals surface area contributed by atoms with E-state index in [0.29, 0.717) is 21.4 Å². The van der Waals surface area contributed by atoms with Gasteiger partial charge in [-0.05, 0) is 31.5 Å². The summed E-state index contributed by atoms with van der Waals surface area (Å²) in [4.78, 5) is 27.7. The molecule has 3 rings (SSSR count). The fourth-order valence-corrected chi connectivity index (χ4v) is 3.03. The molecule has 0 fully saturated rings. The second-order valence-electron chi connectivity index (χ2n) is 4.99. The number of benzene rings is 1. The van der Waals surface area contributed by atoms with Crippen LogP contribution in [0.3, 0.4) is 0 Å². The van der Waals surface area contributed by atoms with Crippen LogP contribution < -0.4 is 5.32 Å². The van der Waals surface area contributed by atoms with Crippen molar-refractivity contribution in [3.63, 3.8) is 0 Å². The lowest BCUT2D eigenvalue weighted by molar-refractivity contribution is -0.115. The molecule has 0 aliphatic rings. The summed E-state index contributed by atoms with van der Waals surface area (Å²) in [5.41, 5.74) is 2.96. The Bertz CT molecular complexity index is 866. The van der Waals surface area contributed by atoms with E-state index in [1.165, 1.54) is 18.1 Å². The third-order valence-corrected chi connectivity index (χ3v) is 4.79. The quantitative estimate of drug-likeness (QED) is 0.558. The molecule has 0 spiro atoms. The standard InChI is InChI=1S/C15H14ClN5OS/c1-8-3-4-10(5-11(8)16)21-14(22)9(2)23-15-12-13(18-6-17-12)19-7-20-15/h3-7,9H,1-2H3,(H,21,22)(H,17,18,19,20)/t9-/m0/s1. The van der Waals surface area contributed by atoms with Crippen molar-refractivity contribution < 1.29 is 4.79 Å². The Morgan fingerprint density at radius 3 is 2.96 bits per heavy atom. The normalized spacial score (nSPS) is 12.3. The molecule has 6 nitrogen and oxygen atoms in total. The third kappa shape index (κ3) is 3.46. The van der Waals surface area contributed by atoms with Crippen LogP contribution in [0.5, 0.6) is 0 Å². The third-order valence-electron chi connectivity index (χ3n) is 3.29. The number of aromatic nitrogens is 4. The second-order valence-corrected chi connectivity index (χ2v) is 6.73. The smallest absolute Gasteiger partial charge is 0.237 e. The predicted octanol–water partition coefficient (Wildman–Crippen LogP) is 3.43. The van der Waals surface area contributed by atoms with Crippen LogP contribution in [0.25, 0.3) is 11.2 Å². The van der Waals surface area contributed by atoms with Crippen LogP contribution >= 0.6 is 23.4 Å². The minimum absolute atomic E-state index is 0.124. The molecule has 2 aromatic heterocycles. The summed E-state index contributed by atoms with van der Waals surface area (Å²) in [6, 6.07) is 5.44. The van der Waals surface area contributed by atoms with Crippen LogP contribution in [0.2, 0.25) is 5.02 Å². The highest BCUT2D eigenvalue weighted by molar-refractivity contribution is 8.00. The highest BCUT2D eigenvalue weighted by Crippen LogP contribution is 2.27. The Labute approximate surface area is 142 Å². The van der Waals surface area contributed by atoms with Crippen LogP contribution in [0.15, 0.2) is 35.9 Å². The van der Waals surface area contributed by atoms with Crippen molar-refractivity contribution in [2.75, 3.05) is 5.32 Å². The van der Waals surface area contributed by atoms with Gasteiger partial charge in [0.1, 0.15) is 16.9 Å². The molecule has 1 atom stereocenters. The van der Waals surface area contributed by atoms with E-state index in [9.17, 15) is 4.79 Å². The van der Waals surface area contributed by atoms with Crippen molar-refractivity contribution in [2.24, 2.45) is 0 Å². The summed E-state index contributed by atoms with van der Waals surface area (Å²) < 4.78 is 0. The topological polar surface area (TPSA) is 83.6 Å². The maximum atomic E-state index is 12.3. The van der Waals surface area contributed by atoms with Crippen LogP contribution in [0.4, 0.5) is 5.69 Å². The highest BCUT2D eigenvalue weighted by atomic mass is 35.5. The number of imidazole rings is 1. The fraction of sp³-hybridized carbons (Fsp3) is 0.200. The molecule has 1 amide bonds. The van der Waals surface area contributed by atoms with Crippen molar-refractivity contribution in [3.05, 3.63) is 41.4 Å². The molecule has 3 aromatic rings. The van der Waals surface area contributed by atoms with E-state index < -0.39 is 0 Å². The van der Waals surface area contributed by atoms with Gasteiger partial charge in [-0.2, -0.15) is 0 Å². The molecular formula is C15H14ClN5OS. The number of anilines is 1. The number of amides is 1.